The van der Waals surface area contributed by atoms with E-state index < -0.39 is 21.7 Å². The van der Waals surface area contributed by atoms with Crippen molar-refractivity contribution in [1.29, 1.82) is 0 Å². The maximum atomic E-state index is 13.8. The van der Waals surface area contributed by atoms with E-state index in [1.165, 1.54) is 35.6 Å². The highest BCUT2D eigenvalue weighted by Crippen LogP contribution is 2.44. The van der Waals surface area contributed by atoms with Gasteiger partial charge in [0, 0.05) is 78.8 Å². The maximum Gasteiger partial charge on any atom is 0.253 e. The molecule has 53 heavy (non-hydrogen) atoms. The van der Waals surface area contributed by atoms with Crippen LogP contribution in [-0.2, 0) is 21.3 Å². The van der Waals surface area contributed by atoms with Crippen LogP contribution in [0.5, 0.6) is 5.75 Å². The van der Waals surface area contributed by atoms with Crippen LogP contribution in [0.1, 0.15) is 10.4 Å². The van der Waals surface area contributed by atoms with Gasteiger partial charge >= 0.3 is 0 Å². The van der Waals surface area contributed by atoms with Crippen molar-refractivity contribution in [3.8, 4) is 39.5 Å². The summed E-state index contributed by atoms with van der Waals surface area (Å²) in [5.41, 5.74) is 11.2. The Morgan fingerprint density at radius 2 is 1.74 bits per heavy atom. The largest absolute Gasteiger partial charge is 0.491 e. The third-order valence-corrected chi connectivity index (χ3v) is 11.4. The number of hydrogen-bond acceptors (Lipinski definition) is 8. The number of nitrogens with zero attached hydrogens (tertiary/aromatic N) is 3. The molecule has 1 unspecified atom stereocenters. The number of carbonyl (C=O) groups excluding carboxylic acids is 1. The first kappa shape index (κ1) is 34.9. The lowest BCUT2D eigenvalue weighted by atomic mass is 9.96. The van der Waals surface area contributed by atoms with Crippen molar-refractivity contribution in [1.82, 2.24) is 14.8 Å². The summed E-state index contributed by atoms with van der Waals surface area (Å²) in [6, 6.07) is 25.1. The summed E-state index contributed by atoms with van der Waals surface area (Å²) in [7, 11) is -2.26. The monoisotopic (exact) mass is 737 g/mol. The van der Waals surface area contributed by atoms with E-state index in [0.29, 0.717) is 46.7 Å². The number of amides is 1. The Bertz CT molecular complexity index is 2450. The molecule has 8 rings (SSSR count). The molecule has 4 heterocycles. The number of nitrogens with one attached hydrogen (secondary N) is 1. The fraction of sp³-hybridized carbons (Fsp3) is 0.275. The lowest BCUT2D eigenvalue weighted by Crippen LogP contribution is -2.45. The van der Waals surface area contributed by atoms with Crippen LogP contribution in [0.2, 0.25) is 0 Å². The Morgan fingerprint density at radius 1 is 0.981 bits per heavy atom. The molecule has 0 saturated carbocycles. The average Bonchev–Trinajstić information content (AvgIpc) is 3.70. The Kier molecular flexibility index (Phi) is 9.19. The Balaban J connectivity index is 1.24. The van der Waals surface area contributed by atoms with Crippen molar-refractivity contribution in [3.63, 3.8) is 0 Å². The molecule has 11 nitrogen and oxygen atoms in total. The summed E-state index contributed by atoms with van der Waals surface area (Å²) in [6.07, 6.45) is 1.13. The van der Waals surface area contributed by atoms with Crippen molar-refractivity contribution < 1.29 is 31.5 Å². The van der Waals surface area contributed by atoms with Gasteiger partial charge in [-0.15, -0.1) is 0 Å². The standard InChI is InChI=1S/C40H40FN5O6S/c1-44(53(2,48)49)34-22-37-32(38(40(42)47)39(52-37)25-7-10-28(41)11-8-25)21-30(34)26-9-12-36-31(19-26)35-20-27-5-3-4-6-33(27)46(35)23-29(24-51-36)43-13-14-45-15-17-50-18-16-45/h3-12,19-22,29,43H,13-18,23-24H2,1-2H3,(H2,42,47). The Labute approximate surface area is 306 Å². The third kappa shape index (κ3) is 6.77. The molecule has 0 spiro atoms. The SMILES string of the molecule is CN(c1cc2oc(-c3ccc(F)cc3)c(C(N)=O)c2cc1-c1ccc2c(c1)-c1cc3ccccc3n1CC(NCCN1CCOCC1)CO2)S(C)(=O)=O. The Hall–Kier alpha value is -5.21. The Morgan fingerprint density at radius 3 is 2.49 bits per heavy atom. The number of furan rings is 1. The van der Waals surface area contributed by atoms with Gasteiger partial charge in [-0.25, -0.2) is 12.8 Å². The molecule has 6 aromatic rings. The quantitative estimate of drug-likeness (QED) is 0.193. The number of halogens is 1. The van der Waals surface area contributed by atoms with E-state index in [-0.39, 0.29) is 22.9 Å². The zero-order chi connectivity index (χ0) is 36.9. The van der Waals surface area contributed by atoms with Gasteiger partial charge in [0.2, 0.25) is 10.0 Å². The minimum Gasteiger partial charge on any atom is -0.491 e. The predicted molar refractivity (Wildman–Crippen MR) is 204 cm³/mol. The number of para-hydroxylation sites is 1. The van der Waals surface area contributed by atoms with Crippen LogP contribution in [-0.4, -0.2) is 89.1 Å². The van der Waals surface area contributed by atoms with E-state index in [4.69, 9.17) is 19.6 Å². The van der Waals surface area contributed by atoms with Crippen LogP contribution in [0.25, 0.3) is 55.6 Å². The van der Waals surface area contributed by atoms with Gasteiger partial charge in [-0.05, 0) is 60.2 Å². The molecule has 1 atom stereocenters. The lowest BCUT2D eigenvalue weighted by Gasteiger charge is -2.29. The highest BCUT2D eigenvalue weighted by atomic mass is 32.2. The van der Waals surface area contributed by atoms with Gasteiger partial charge in [-0.2, -0.15) is 0 Å². The summed E-state index contributed by atoms with van der Waals surface area (Å²) >= 11 is 0. The summed E-state index contributed by atoms with van der Waals surface area (Å²) in [5.74, 6) is -0.317. The topological polar surface area (TPSA) is 132 Å². The molecule has 274 valence electrons. The second-order valence-electron chi connectivity index (χ2n) is 13.6. The second-order valence-corrected chi connectivity index (χ2v) is 15.6. The van der Waals surface area contributed by atoms with Gasteiger partial charge in [0.15, 0.2) is 0 Å². The first-order chi connectivity index (χ1) is 25.5. The van der Waals surface area contributed by atoms with E-state index in [9.17, 15) is 17.6 Å². The number of hydrogen-bond donors (Lipinski definition) is 2. The van der Waals surface area contributed by atoms with Crippen molar-refractivity contribution in [2.45, 2.75) is 12.6 Å². The number of anilines is 1. The number of morpholine rings is 1. The fourth-order valence-corrected chi connectivity index (χ4v) is 7.85. The molecule has 1 fully saturated rings. The molecule has 2 aliphatic heterocycles. The molecule has 0 aliphatic carbocycles. The molecule has 4 aromatic carbocycles. The zero-order valence-corrected chi connectivity index (χ0v) is 30.3. The molecule has 2 aromatic heterocycles. The van der Waals surface area contributed by atoms with E-state index in [1.54, 1.807) is 12.1 Å². The molecule has 1 saturated heterocycles. The molecular weight excluding hydrogens is 698 g/mol. The van der Waals surface area contributed by atoms with E-state index in [0.717, 1.165) is 67.8 Å². The highest BCUT2D eigenvalue weighted by Gasteiger charge is 2.27. The van der Waals surface area contributed by atoms with Gasteiger partial charge < -0.3 is 29.5 Å². The second kappa shape index (κ2) is 14.0. The van der Waals surface area contributed by atoms with Crippen LogP contribution < -0.4 is 20.1 Å². The van der Waals surface area contributed by atoms with Crippen LogP contribution in [0.4, 0.5) is 10.1 Å². The maximum absolute atomic E-state index is 13.8. The highest BCUT2D eigenvalue weighted by molar-refractivity contribution is 7.92. The normalized spacial score (nSPS) is 16.5. The molecule has 0 radical (unpaired) electrons. The number of sulfonamides is 1. The minimum absolute atomic E-state index is 0.0412. The van der Waals surface area contributed by atoms with E-state index in [2.05, 4.69) is 33.0 Å². The lowest BCUT2D eigenvalue weighted by molar-refractivity contribution is 0.0378. The molecule has 1 amide bonds. The smallest absolute Gasteiger partial charge is 0.253 e. The number of rotatable bonds is 9. The first-order valence-corrected chi connectivity index (χ1v) is 19.4. The van der Waals surface area contributed by atoms with Crippen LogP contribution in [0.3, 0.4) is 0 Å². The number of ether oxygens (including phenoxy) is 2. The van der Waals surface area contributed by atoms with Gasteiger partial charge in [-0.1, -0.05) is 24.3 Å². The van der Waals surface area contributed by atoms with E-state index in [1.807, 2.05) is 30.3 Å². The minimum atomic E-state index is -3.73. The summed E-state index contributed by atoms with van der Waals surface area (Å²) in [4.78, 5) is 15.4. The summed E-state index contributed by atoms with van der Waals surface area (Å²) in [5, 5.41) is 5.22. The fourth-order valence-electron chi connectivity index (χ4n) is 7.34. The van der Waals surface area contributed by atoms with E-state index >= 15 is 0 Å². The van der Waals surface area contributed by atoms with Crippen molar-refractivity contribution in [2.75, 3.05) is 63.6 Å². The summed E-state index contributed by atoms with van der Waals surface area (Å²) in [6.45, 7) is 6.24. The van der Waals surface area contributed by atoms with Crippen molar-refractivity contribution >= 4 is 43.5 Å². The molecule has 0 bridgehead atoms. The third-order valence-electron chi connectivity index (χ3n) is 10.2. The van der Waals surface area contributed by atoms with Crippen LogP contribution in [0.15, 0.2) is 89.3 Å². The zero-order valence-electron chi connectivity index (χ0n) is 29.5. The number of aromatic nitrogens is 1. The number of nitrogens with two attached hydrogens (primary N) is 1. The van der Waals surface area contributed by atoms with Crippen LogP contribution >= 0.6 is 0 Å². The molecule has 2 aliphatic rings. The van der Waals surface area contributed by atoms with Crippen molar-refractivity contribution in [3.05, 3.63) is 96.3 Å². The van der Waals surface area contributed by atoms with Crippen molar-refractivity contribution in [2.24, 2.45) is 5.73 Å². The van der Waals surface area contributed by atoms with Crippen LogP contribution in [0, 0.1) is 5.82 Å². The number of benzene rings is 4. The van der Waals surface area contributed by atoms with Gasteiger partial charge in [0.05, 0.1) is 42.5 Å². The molecule has 3 N–H and O–H groups in total. The number of carbonyl (C=O) groups is 1. The molecule has 13 heteroatoms. The first-order valence-electron chi connectivity index (χ1n) is 17.5. The van der Waals surface area contributed by atoms with Gasteiger partial charge in [-0.3, -0.25) is 14.0 Å². The van der Waals surface area contributed by atoms with Gasteiger partial charge in [0.25, 0.3) is 5.91 Å². The summed E-state index contributed by atoms with van der Waals surface area (Å²) < 4.78 is 61.5. The van der Waals surface area contributed by atoms with Gasteiger partial charge in [0.1, 0.15) is 29.5 Å². The predicted octanol–water partition coefficient (Wildman–Crippen LogP) is 5.71. The number of fused-ring (bicyclic) bond motifs is 6. The average molecular weight is 738 g/mol. The number of primary amides is 1. The molecular formula is C40H40FN5O6S.